The molecule has 1 aromatic rings. The monoisotopic (exact) mass is 278 g/mol. The first kappa shape index (κ1) is 14.9. The molecule has 0 aliphatic carbocycles. The van der Waals surface area contributed by atoms with Crippen LogP contribution in [0.1, 0.15) is 22.8 Å². The second kappa shape index (κ2) is 6.68. The average molecular weight is 278 g/mol. The Balaban J connectivity index is 2.86. The predicted octanol–water partition coefficient (Wildman–Crippen LogP) is 3.65. The van der Waals surface area contributed by atoms with E-state index in [4.69, 9.17) is 4.74 Å². The van der Waals surface area contributed by atoms with Crippen molar-refractivity contribution < 1.29 is 22.7 Å². The van der Waals surface area contributed by atoms with Gasteiger partial charge in [-0.25, -0.2) is 0 Å². The Labute approximate surface area is 108 Å². The predicted molar refractivity (Wildman–Crippen MR) is 65.3 cm³/mol. The summed E-state index contributed by atoms with van der Waals surface area (Å²) < 4.78 is 43.3. The van der Waals surface area contributed by atoms with Crippen molar-refractivity contribution >= 4 is 18.0 Å². The molecule has 1 rings (SSSR count). The molecule has 0 heterocycles. The van der Waals surface area contributed by atoms with E-state index in [2.05, 4.69) is 0 Å². The van der Waals surface area contributed by atoms with E-state index in [1.165, 1.54) is 12.1 Å². The number of hydrogen-bond donors (Lipinski definition) is 0. The summed E-state index contributed by atoms with van der Waals surface area (Å²) in [7, 11) is 0. The summed E-state index contributed by atoms with van der Waals surface area (Å²) in [5, 5.41) is 0. The van der Waals surface area contributed by atoms with Crippen LogP contribution in [-0.4, -0.2) is 24.4 Å². The van der Waals surface area contributed by atoms with Crippen LogP contribution in [0.4, 0.5) is 13.2 Å². The van der Waals surface area contributed by atoms with Crippen molar-refractivity contribution in [3.63, 3.8) is 0 Å². The molecule has 0 unspecified atom stereocenters. The van der Waals surface area contributed by atoms with E-state index in [9.17, 15) is 18.0 Å². The minimum absolute atomic E-state index is 0.0161. The number of benzene rings is 1. The van der Waals surface area contributed by atoms with E-state index >= 15 is 0 Å². The molecular weight excluding hydrogens is 265 g/mol. The van der Waals surface area contributed by atoms with Gasteiger partial charge in [-0.1, -0.05) is 6.92 Å². The fraction of sp³-hybridized carbons (Fsp3) is 0.417. The summed E-state index contributed by atoms with van der Waals surface area (Å²) >= 11 is 1.59. The Hall–Kier alpha value is -1.17. The maximum atomic E-state index is 12.7. The van der Waals surface area contributed by atoms with Gasteiger partial charge in [-0.2, -0.15) is 24.9 Å². The molecule has 0 aliphatic heterocycles. The lowest BCUT2D eigenvalue weighted by Gasteiger charge is -2.14. The van der Waals surface area contributed by atoms with Crippen LogP contribution in [-0.2, 0) is 6.18 Å². The normalized spacial score (nSPS) is 11.3. The number of aldehydes is 1. The second-order valence-corrected chi connectivity index (χ2v) is 4.81. The van der Waals surface area contributed by atoms with Gasteiger partial charge in [0, 0.05) is 11.3 Å². The first-order valence-corrected chi connectivity index (χ1v) is 6.51. The summed E-state index contributed by atoms with van der Waals surface area (Å²) in [5.41, 5.74) is -0.925. The molecule has 0 N–H and O–H groups in total. The zero-order chi connectivity index (χ0) is 13.6. The summed E-state index contributed by atoms with van der Waals surface area (Å²) in [6.07, 6.45) is -4.14. The van der Waals surface area contributed by atoms with Gasteiger partial charge < -0.3 is 4.74 Å². The van der Waals surface area contributed by atoms with Crippen molar-refractivity contribution in [2.75, 3.05) is 18.1 Å². The number of ether oxygens (including phenoxy) is 1. The van der Waals surface area contributed by atoms with Gasteiger partial charge in [0.1, 0.15) is 12.0 Å². The van der Waals surface area contributed by atoms with Gasteiger partial charge in [0.15, 0.2) is 0 Å². The molecule has 0 saturated carbocycles. The topological polar surface area (TPSA) is 26.3 Å². The molecule has 0 amide bonds. The SMILES string of the molecule is CCSCCOc1ccc(C=O)cc1C(F)(F)F. The van der Waals surface area contributed by atoms with Gasteiger partial charge in [0.05, 0.1) is 12.2 Å². The molecular formula is C12H13F3O2S. The summed E-state index contributed by atoms with van der Waals surface area (Å²) in [4.78, 5) is 10.5. The number of rotatable bonds is 6. The van der Waals surface area contributed by atoms with E-state index in [0.29, 0.717) is 12.0 Å². The van der Waals surface area contributed by atoms with E-state index in [0.717, 1.165) is 11.8 Å². The Kier molecular flexibility index (Phi) is 5.53. The van der Waals surface area contributed by atoms with Crippen LogP contribution in [0.3, 0.4) is 0 Å². The lowest BCUT2D eigenvalue weighted by atomic mass is 10.1. The third-order valence-corrected chi connectivity index (χ3v) is 3.00. The van der Waals surface area contributed by atoms with Gasteiger partial charge in [-0.05, 0) is 24.0 Å². The minimum atomic E-state index is -4.52. The number of halogens is 3. The fourth-order valence-corrected chi connectivity index (χ4v) is 1.81. The Morgan fingerprint density at radius 3 is 2.67 bits per heavy atom. The van der Waals surface area contributed by atoms with Crippen LogP contribution < -0.4 is 4.74 Å². The highest BCUT2D eigenvalue weighted by Gasteiger charge is 2.34. The molecule has 0 aliphatic rings. The average Bonchev–Trinajstić information content (AvgIpc) is 2.33. The van der Waals surface area contributed by atoms with Crippen molar-refractivity contribution in [2.45, 2.75) is 13.1 Å². The lowest BCUT2D eigenvalue weighted by molar-refractivity contribution is -0.138. The highest BCUT2D eigenvalue weighted by molar-refractivity contribution is 7.99. The molecule has 0 aromatic heterocycles. The van der Waals surface area contributed by atoms with Crippen molar-refractivity contribution in [1.29, 1.82) is 0 Å². The smallest absolute Gasteiger partial charge is 0.419 e. The highest BCUT2D eigenvalue weighted by Crippen LogP contribution is 2.36. The maximum absolute atomic E-state index is 12.7. The molecule has 0 atom stereocenters. The molecule has 0 fully saturated rings. The number of hydrogen-bond acceptors (Lipinski definition) is 3. The zero-order valence-electron chi connectivity index (χ0n) is 9.79. The van der Waals surface area contributed by atoms with E-state index < -0.39 is 11.7 Å². The third kappa shape index (κ3) is 4.25. The van der Waals surface area contributed by atoms with Crippen molar-refractivity contribution in [2.24, 2.45) is 0 Å². The first-order valence-electron chi connectivity index (χ1n) is 5.36. The van der Waals surface area contributed by atoms with E-state index in [-0.39, 0.29) is 17.9 Å². The number of alkyl halides is 3. The van der Waals surface area contributed by atoms with Crippen molar-refractivity contribution in [3.05, 3.63) is 29.3 Å². The van der Waals surface area contributed by atoms with Gasteiger partial charge in [-0.15, -0.1) is 0 Å². The maximum Gasteiger partial charge on any atom is 0.419 e. The molecule has 18 heavy (non-hydrogen) atoms. The standard InChI is InChI=1S/C12H13F3O2S/c1-2-18-6-5-17-11-4-3-9(8-16)7-10(11)12(13,14)15/h3-4,7-8H,2,5-6H2,1H3. The van der Waals surface area contributed by atoms with Crippen LogP contribution in [0.25, 0.3) is 0 Å². The molecule has 0 radical (unpaired) electrons. The summed E-state index contributed by atoms with van der Waals surface area (Å²) in [6, 6.07) is 3.29. The van der Waals surface area contributed by atoms with Crippen LogP contribution in [0.2, 0.25) is 0 Å². The van der Waals surface area contributed by atoms with Crippen molar-refractivity contribution in [1.82, 2.24) is 0 Å². The molecule has 1 aromatic carbocycles. The van der Waals surface area contributed by atoms with E-state index in [1.54, 1.807) is 11.8 Å². The van der Waals surface area contributed by atoms with Gasteiger partial charge in [0.25, 0.3) is 0 Å². The Morgan fingerprint density at radius 2 is 2.11 bits per heavy atom. The number of carbonyl (C=O) groups is 1. The number of carbonyl (C=O) groups excluding carboxylic acids is 1. The minimum Gasteiger partial charge on any atom is -0.492 e. The largest absolute Gasteiger partial charge is 0.492 e. The van der Waals surface area contributed by atoms with Crippen LogP contribution in [0.15, 0.2) is 18.2 Å². The molecule has 6 heteroatoms. The Bertz CT molecular complexity index is 405. The lowest BCUT2D eigenvalue weighted by Crippen LogP contribution is -2.11. The van der Waals surface area contributed by atoms with E-state index in [1.807, 2.05) is 6.92 Å². The van der Waals surface area contributed by atoms with Crippen LogP contribution in [0, 0.1) is 0 Å². The molecule has 0 spiro atoms. The Morgan fingerprint density at radius 1 is 1.39 bits per heavy atom. The molecule has 0 saturated heterocycles. The summed E-state index contributed by atoms with van der Waals surface area (Å²) in [6.45, 7) is 2.17. The van der Waals surface area contributed by atoms with Gasteiger partial charge in [0.2, 0.25) is 0 Å². The van der Waals surface area contributed by atoms with Gasteiger partial charge >= 0.3 is 6.18 Å². The summed E-state index contributed by atoms with van der Waals surface area (Å²) in [5.74, 6) is 1.28. The highest BCUT2D eigenvalue weighted by atomic mass is 32.2. The van der Waals surface area contributed by atoms with Gasteiger partial charge in [-0.3, -0.25) is 4.79 Å². The molecule has 100 valence electrons. The zero-order valence-corrected chi connectivity index (χ0v) is 10.6. The third-order valence-electron chi connectivity index (χ3n) is 2.13. The molecule has 2 nitrogen and oxygen atoms in total. The quantitative estimate of drug-likeness (QED) is 0.587. The van der Waals surface area contributed by atoms with Crippen molar-refractivity contribution in [3.8, 4) is 5.75 Å². The van der Waals surface area contributed by atoms with Crippen LogP contribution >= 0.6 is 11.8 Å². The number of thioether (sulfide) groups is 1. The first-order chi connectivity index (χ1) is 8.49. The second-order valence-electron chi connectivity index (χ2n) is 3.42. The van der Waals surface area contributed by atoms with Crippen LogP contribution in [0.5, 0.6) is 5.75 Å². The fourth-order valence-electron chi connectivity index (χ4n) is 1.32. The molecule has 0 bridgehead atoms.